The average Bonchev–Trinajstić information content (AvgIpc) is 2.55. The zero-order chi connectivity index (χ0) is 17.7. The molecule has 2 rings (SSSR count). The van der Waals surface area contributed by atoms with Gasteiger partial charge in [0, 0.05) is 13.1 Å². The molecule has 0 spiro atoms. The molecule has 1 heterocycles. The summed E-state index contributed by atoms with van der Waals surface area (Å²) < 4.78 is 39.2. The molecule has 0 saturated carbocycles. The molecule has 9 nitrogen and oxygen atoms in total. The van der Waals surface area contributed by atoms with E-state index in [1.54, 1.807) is 0 Å². The Bertz CT molecular complexity index is 722. The Hall–Kier alpha value is -2.27. The number of carbonyl (C=O) groups excluding carboxylic acids is 1. The summed E-state index contributed by atoms with van der Waals surface area (Å²) >= 11 is 0. The van der Waals surface area contributed by atoms with E-state index in [0.717, 1.165) is 16.4 Å². The number of hydrogen-bond donors (Lipinski definition) is 0. The smallest absolute Gasteiger partial charge is 0.293 e. The molecular formula is C13H17FN4O5S. The molecule has 0 atom stereocenters. The van der Waals surface area contributed by atoms with E-state index in [9.17, 15) is 22.8 Å². The van der Waals surface area contributed by atoms with Crippen molar-refractivity contribution in [1.29, 1.82) is 0 Å². The van der Waals surface area contributed by atoms with Gasteiger partial charge in [-0.1, -0.05) is 0 Å². The van der Waals surface area contributed by atoms with Crippen LogP contribution in [0, 0.1) is 11.0 Å². The highest BCUT2D eigenvalue weighted by Crippen LogP contribution is 2.19. The van der Waals surface area contributed by atoms with Crippen LogP contribution in [0.15, 0.2) is 34.4 Å². The standard InChI is InChI=1S/C13H17FN4O5S/c1-23-15-18(20)9-13(19)16-7-2-8-17(10-16)24(21,22)12-5-3-11(14)4-6-12/h3-6H,2,7-10H2,1H3/b18-15-. The van der Waals surface area contributed by atoms with Crippen molar-refractivity contribution in [3.63, 3.8) is 0 Å². The van der Waals surface area contributed by atoms with Gasteiger partial charge in [0.05, 0.1) is 11.6 Å². The Morgan fingerprint density at radius 3 is 2.67 bits per heavy atom. The lowest BCUT2D eigenvalue weighted by atomic mass is 10.3. The molecule has 1 amide bonds. The molecule has 1 fully saturated rings. The molecule has 1 aliphatic heterocycles. The quantitative estimate of drug-likeness (QED) is 0.433. The third-order valence-corrected chi connectivity index (χ3v) is 5.26. The van der Waals surface area contributed by atoms with E-state index in [1.807, 2.05) is 0 Å². The molecule has 1 aromatic carbocycles. The lowest BCUT2D eigenvalue weighted by Gasteiger charge is -2.34. The Morgan fingerprint density at radius 2 is 2.04 bits per heavy atom. The van der Waals surface area contributed by atoms with Gasteiger partial charge < -0.3 is 14.9 Å². The van der Waals surface area contributed by atoms with E-state index < -0.39 is 28.3 Å². The van der Waals surface area contributed by atoms with Crippen LogP contribution in [0.3, 0.4) is 0 Å². The maximum absolute atomic E-state index is 13.0. The molecule has 0 aliphatic carbocycles. The summed E-state index contributed by atoms with van der Waals surface area (Å²) in [4.78, 5) is 17.6. The van der Waals surface area contributed by atoms with Crippen molar-refractivity contribution in [1.82, 2.24) is 9.21 Å². The summed E-state index contributed by atoms with van der Waals surface area (Å²) in [6.07, 6.45) is 0.423. The summed E-state index contributed by atoms with van der Waals surface area (Å²) in [6, 6.07) is 4.45. The number of hydroxylamine groups is 1. The van der Waals surface area contributed by atoms with E-state index >= 15 is 0 Å². The zero-order valence-corrected chi connectivity index (χ0v) is 13.8. The molecule has 24 heavy (non-hydrogen) atoms. The number of rotatable bonds is 5. The van der Waals surface area contributed by atoms with E-state index in [0.29, 0.717) is 13.0 Å². The highest BCUT2D eigenvalue weighted by Gasteiger charge is 2.32. The highest BCUT2D eigenvalue weighted by atomic mass is 32.2. The lowest BCUT2D eigenvalue weighted by Crippen LogP contribution is -2.51. The summed E-state index contributed by atoms with van der Waals surface area (Å²) in [6.45, 7) is -0.195. The van der Waals surface area contributed by atoms with Crippen molar-refractivity contribution < 1.29 is 27.3 Å². The van der Waals surface area contributed by atoms with Gasteiger partial charge in [-0.2, -0.15) is 4.31 Å². The van der Waals surface area contributed by atoms with Gasteiger partial charge in [-0.3, -0.25) is 4.79 Å². The van der Waals surface area contributed by atoms with Crippen LogP contribution < -0.4 is 0 Å². The maximum Gasteiger partial charge on any atom is 0.293 e. The largest absolute Gasteiger partial charge is 0.597 e. The molecule has 1 aliphatic rings. The molecule has 0 unspecified atom stereocenters. The molecular weight excluding hydrogens is 343 g/mol. The van der Waals surface area contributed by atoms with Gasteiger partial charge in [-0.05, 0) is 35.5 Å². The van der Waals surface area contributed by atoms with Crippen LogP contribution in [-0.2, 0) is 19.7 Å². The van der Waals surface area contributed by atoms with Crippen molar-refractivity contribution in [3.05, 3.63) is 35.3 Å². The van der Waals surface area contributed by atoms with Gasteiger partial charge in [0.25, 0.3) is 12.5 Å². The first-order chi connectivity index (χ1) is 11.3. The molecule has 1 saturated heterocycles. The predicted molar refractivity (Wildman–Crippen MR) is 79.4 cm³/mol. The Balaban J connectivity index is 2.11. The zero-order valence-electron chi connectivity index (χ0n) is 13.0. The minimum absolute atomic E-state index is 0.0574. The fourth-order valence-electron chi connectivity index (χ4n) is 2.26. The second kappa shape index (κ2) is 7.53. The number of amides is 1. The van der Waals surface area contributed by atoms with Gasteiger partial charge in [0.1, 0.15) is 12.9 Å². The highest BCUT2D eigenvalue weighted by molar-refractivity contribution is 7.89. The van der Waals surface area contributed by atoms with Gasteiger partial charge in [-0.15, -0.1) is 0 Å². The van der Waals surface area contributed by atoms with E-state index in [1.165, 1.54) is 24.1 Å². The van der Waals surface area contributed by atoms with Crippen molar-refractivity contribution in [3.8, 4) is 0 Å². The van der Waals surface area contributed by atoms with Crippen LogP contribution in [0.1, 0.15) is 6.42 Å². The van der Waals surface area contributed by atoms with E-state index in [4.69, 9.17) is 0 Å². The van der Waals surface area contributed by atoms with Crippen molar-refractivity contribution in [2.45, 2.75) is 11.3 Å². The summed E-state index contributed by atoms with van der Waals surface area (Å²) in [5.74, 6) is -1.10. The van der Waals surface area contributed by atoms with Gasteiger partial charge >= 0.3 is 0 Å². The number of nitrogens with zero attached hydrogens (tertiary/aromatic N) is 4. The topological polar surface area (TPSA) is 105 Å². The molecule has 11 heteroatoms. The monoisotopic (exact) mass is 360 g/mol. The Morgan fingerprint density at radius 1 is 1.38 bits per heavy atom. The molecule has 0 aromatic heterocycles. The molecule has 0 radical (unpaired) electrons. The number of halogens is 1. The van der Waals surface area contributed by atoms with E-state index in [-0.39, 0.29) is 23.0 Å². The summed E-state index contributed by atoms with van der Waals surface area (Å²) in [7, 11) is -2.68. The van der Waals surface area contributed by atoms with Gasteiger partial charge in [0.15, 0.2) is 5.28 Å². The normalized spacial score (nSPS) is 16.9. The van der Waals surface area contributed by atoms with Gasteiger partial charge in [-0.25, -0.2) is 12.8 Å². The number of carbonyl (C=O) groups is 1. The Kier molecular flexibility index (Phi) is 5.67. The fraction of sp³-hybridized carbons (Fsp3) is 0.462. The molecule has 0 N–H and O–H groups in total. The van der Waals surface area contributed by atoms with Crippen LogP contribution in [-0.4, -0.2) is 61.8 Å². The van der Waals surface area contributed by atoms with Crippen LogP contribution >= 0.6 is 0 Å². The molecule has 1 aromatic rings. The first-order valence-electron chi connectivity index (χ1n) is 7.07. The first kappa shape index (κ1) is 18.1. The number of benzene rings is 1. The number of sulfonamides is 1. The van der Waals surface area contributed by atoms with E-state index in [2.05, 4.69) is 10.1 Å². The van der Waals surface area contributed by atoms with Crippen molar-refractivity contribution >= 4 is 15.9 Å². The van der Waals surface area contributed by atoms with Crippen molar-refractivity contribution in [2.75, 3.05) is 33.4 Å². The second-order valence-electron chi connectivity index (χ2n) is 5.06. The lowest BCUT2D eigenvalue weighted by molar-refractivity contribution is -0.547. The minimum atomic E-state index is -3.85. The van der Waals surface area contributed by atoms with Crippen molar-refractivity contribution in [2.24, 2.45) is 5.28 Å². The van der Waals surface area contributed by atoms with Crippen LogP contribution in [0.2, 0.25) is 0 Å². The maximum atomic E-state index is 13.0. The van der Waals surface area contributed by atoms with Gasteiger partial charge in [0.2, 0.25) is 10.0 Å². The first-order valence-corrected chi connectivity index (χ1v) is 8.51. The number of hydrogen-bond acceptors (Lipinski definition) is 6. The Labute approximate surface area is 138 Å². The molecule has 0 bridgehead atoms. The summed E-state index contributed by atoms with van der Waals surface area (Å²) in [5, 5.41) is 14.3. The van der Waals surface area contributed by atoms with Crippen LogP contribution in [0.25, 0.3) is 0 Å². The average molecular weight is 360 g/mol. The summed E-state index contributed by atoms with van der Waals surface area (Å²) in [5.41, 5.74) is 0. The fourth-order valence-corrected chi connectivity index (χ4v) is 3.70. The van der Waals surface area contributed by atoms with Crippen LogP contribution in [0.4, 0.5) is 4.39 Å². The predicted octanol–water partition coefficient (Wildman–Crippen LogP) is 0.530. The van der Waals surface area contributed by atoms with Crippen LogP contribution in [0.5, 0.6) is 0 Å². The SMILES string of the molecule is CO/N=[N+](\[O-])CC(=O)N1CCCN(S(=O)(=O)c2ccc(F)cc2)C1. The minimum Gasteiger partial charge on any atom is -0.597 e. The second-order valence-corrected chi connectivity index (χ2v) is 7.00. The third kappa shape index (κ3) is 4.17. The third-order valence-electron chi connectivity index (χ3n) is 3.41. The molecule has 132 valence electrons.